The Balaban J connectivity index is 1.52. The summed E-state index contributed by atoms with van der Waals surface area (Å²) in [6, 6.07) is 15.7. The molecule has 0 spiro atoms. The number of hydrogen-bond acceptors (Lipinski definition) is 4. The second-order valence-corrected chi connectivity index (χ2v) is 7.50. The molecule has 0 radical (unpaired) electrons. The quantitative estimate of drug-likeness (QED) is 0.360. The Labute approximate surface area is 183 Å². The summed E-state index contributed by atoms with van der Waals surface area (Å²) in [5.41, 5.74) is 12.5. The molecule has 0 saturated heterocycles. The van der Waals surface area contributed by atoms with Crippen LogP contribution in [0.5, 0.6) is 0 Å². The van der Waals surface area contributed by atoms with E-state index in [4.69, 9.17) is 21.8 Å². The van der Waals surface area contributed by atoms with Crippen molar-refractivity contribution in [3.63, 3.8) is 0 Å². The number of fused-ring (bicyclic) bond motifs is 1. The molecule has 0 aliphatic heterocycles. The van der Waals surface area contributed by atoms with Crippen molar-refractivity contribution in [2.24, 2.45) is 10.8 Å². The Morgan fingerprint density at radius 1 is 1.10 bits per heavy atom. The third-order valence-corrected chi connectivity index (χ3v) is 5.19. The van der Waals surface area contributed by atoms with E-state index in [1.54, 1.807) is 42.6 Å². The van der Waals surface area contributed by atoms with Gasteiger partial charge in [-0.2, -0.15) is 5.10 Å². The van der Waals surface area contributed by atoms with Gasteiger partial charge in [-0.15, -0.1) is 0 Å². The number of carbonyl (C=O) groups excluding carboxylic acids is 2. The van der Waals surface area contributed by atoms with Gasteiger partial charge in [0.05, 0.1) is 6.21 Å². The van der Waals surface area contributed by atoms with Crippen LogP contribution in [0, 0.1) is 13.8 Å². The monoisotopic (exact) mass is 434 g/mol. The number of benzene rings is 2. The topological polar surface area (TPSA) is 103 Å². The molecule has 3 N–H and O–H groups in total. The molecule has 0 fully saturated rings. The summed E-state index contributed by atoms with van der Waals surface area (Å²) in [7, 11) is 0. The van der Waals surface area contributed by atoms with Crippen molar-refractivity contribution < 1.29 is 14.0 Å². The van der Waals surface area contributed by atoms with Gasteiger partial charge in [0.15, 0.2) is 5.76 Å². The van der Waals surface area contributed by atoms with Crippen LogP contribution in [-0.2, 0) is 0 Å². The first-order valence-electron chi connectivity index (χ1n) is 9.45. The van der Waals surface area contributed by atoms with E-state index in [1.165, 1.54) is 0 Å². The van der Waals surface area contributed by atoms with E-state index in [0.717, 1.165) is 28.0 Å². The highest BCUT2D eigenvalue weighted by atomic mass is 35.5. The van der Waals surface area contributed by atoms with E-state index >= 15 is 0 Å². The minimum absolute atomic E-state index is 0.148. The number of halogens is 1. The van der Waals surface area contributed by atoms with E-state index in [1.807, 2.05) is 36.6 Å². The Hall–Kier alpha value is -3.84. The SMILES string of the molecule is Cc1cc(/C=N/NC(=O)c2cc3cc(Cl)ccc3o2)c(C)n1-c1ccc(C(N)=O)cc1. The Morgan fingerprint density at radius 2 is 1.84 bits per heavy atom. The number of hydrogen-bond donors (Lipinski definition) is 2. The van der Waals surface area contributed by atoms with Crippen LogP contribution in [0.25, 0.3) is 16.7 Å². The first kappa shape index (κ1) is 20.4. The average Bonchev–Trinajstić information content (AvgIpc) is 3.28. The highest BCUT2D eigenvalue weighted by Crippen LogP contribution is 2.23. The van der Waals surface area contributed by atoms with Crippen LogP contribution in [0.3, 0.4) is 0 Å². The number of carbonyl (C=O) groups is 2. The second-order valence-electron chi connectivity index (χ2n) is 7.06. The van der Waals surface area contributed by atoms with Crippen LogP contribution in [0.4, 0.5) is 0 Å². The van der Waals surface area contributed by atoms with Crippen LogP contribution < -0.4 is 11.2 Å². The van der Waals surface area contributed by atoms with Gasteiger partial charge in [0.25, 0.3) is 0 Å². The normalized spacial score (nSPS) is 11.3. The van der Waals surface area contributed by atoms with Crippen molar-refractivity contribution in [1.29, 1.82) is 0 Å². The van der Waals surface area contributed by atoms with Gasteiger partial charge < -0.3 is 14.7 Å². The molecule has 156 valence electrons. The molecule has 2 aromatic heterocycles. The number of aryl methyl sites for hydroxylation is 1. The smallest absolute Gasteiger partial charge is 0.307 e. The van der Waals surface area contributed by atoms with E-state index in [0.29, 0.717) is 16.2 Å². The molecule has 2 heterocycles. The third kappa shape index (κ3) is 4.08. The fourth-order valence-corrected chi connectivity index (χ4v) is 3.61. The van der Waals surface area contributed by atoms with Crippen molar-refractivity contribution in [3.05, 3.63) is 87.9 Å². The molecule has 0 aliphatic carbocycles. The molecule has 0 unspecified atom stereocenters. The summed E-state index contributed by atoms with van der Waals surface area (Å²) in [5.74, 6) is -0.780. The van der Waals surface area contributed by atoms with Gasteiger partial charge in [-0.25, -0.2) is 5.43 Å². The number of nitrogens with one attached hydrogen (secondary N) is 1. The molecule has 4 rings (SSSR count). The summed E-state index contributed by atoms with van der Waals surface area (Å²) in [6.07, 6.45) is 1.58. The number of furan rings is 1. The van der Waals surface area contributed by atoms with Gasteiger partial charge in [-0.1, -0.05) is 11.6 Å². The molecule has 0 atom stereocenters. The van der Waals surface area contributed by atoms with Crippen molar-refractivity contribution >= 4 is 40.6 Å². The van der Waals surface area contributed by atoms with E-state index in [-0.39, 0.29) is 5.76 Å². The Kier molecular flexibility index (Phi) is 5.35. The molecule has 8 heteroatoms. The number of amides is 2. The van der Waals surface area contributed by atoms with E-state index < -0.39 is 11.8 Å². The number of nitrogens with zero attached hydrogens (tertiary/aromatic N) is 2. The molecule has 31 heavy (non-hydrogen) atoms. The second kappa shape index (κ2) is 8.12. The first-order chi connectivity index (χ1) is 14.8. The summed E-state index contributed by atoms with van der Waals surface area (Å²) < 4.78 is 7.56. The maximum atomic E-state index is 12.4. The van der Waals surface area contributed by atoms with E-state index in [2.05, 4.69) is 10.5 Å². The predicted octanol–water partition coefficient (Wildman–Crippen LogP) is 4.36. The zero-order valence-corrected chi connectivity index (χ0v) is 17.6. The Bertz CT molecular complexity index is 1330. The summed E-state index contributed by atoms with van der Waals surface area (Å²) in [6.45, 7) is 3.91. The first-order valence-corrected chi connectivity index (χ1v) is 9.83. The number of aromatic nitrogens is 1. The molecule has 0 saturated carbocycles. The molecule has 2 aromatic carbocycles. The van der Waals surface area contributed by atoms with Crippen LogP contribution >= 0.6 is 11.6 Å². The number of nitrogens with two attached hydrogens (primary N) is 1. The van der Waals surface area contributed by atoms with Gasteiger partial charge in [0, 0.05) is 38.6 Å². The summed E-state index contributed by atoms with van der Waals surface area (Å²) in [5, 5.41) is 5.38. The molecular weight excluding hydrogens is 416 g/mol. The molecule has 0 bridgehead atoms. The zero-order chi connectivity index (χ0) is 22.1. The molecule has 2 amide bonds. The number of hydrazone groups is 1. The van der Waals surface area contributed by atoms with Gasteiger partial charge in [-0.05, 0) is 68.4 Å². The van der Waals surface area contributed by atoms with Crippen molar-refractivity contribution in [1.82, 2.24) is 9.99 Å². The van der Waals surface area contributed by atoms with Gasteiger partial charge >= 0.3 is 5.91 Å². The third-order valence-electron chi connectivity index (χ3n) is 4.95. The zero-order valence-electron chi connectivity index (χ0n) is 16.8. The maximum absolute atomic E-state index is 12.4. The van der Waals surface area contributed by atoms with Crippen LogP contribution in [-0.4, -0.2) is 22.6 Å². The van der Waals surface area contributed by atoms with Crippen molar-refractivity contribution in [3.8, 4) is 5.69 Å². The molecule has 7 nitrogen and oxygen atoms in total. The number of primary amides is 1. The molecular formula is C23H19ClN4O3. The van der Waals surface area contributed by atoms with Crippen LogP contribution in [0.2, 0.25) is 5.02 Å². The fraction of sp³-hybridized carbons (Fsp3) is 0.0870. The Morgan fingerprint density at radius 3 is 2.55 bits per heavy atom. The molecule has 0 aliphatic rings. The minimum Gasteiger partial charge on any atom is -0.451 e. The number of rotatable bonds is 5. The van der Waals surface area contributed by atoms with Gasteiger partial charge in [0.2, 0.25) is 5.91 Å². The van der Waals surface area contributed by atoms with E-state index in [9.17, 15) is 9.59 Å². The summed E-state index contributed by atoms with van der Waals surface area (Å²) >= 11 is 5.97. The highest BCUT2D eigenvalue weighted by molar-refractivity contribution is 6.31. The van der Waals surface area contributed by atoms with Crippen molar-refractivity contribution in [2.75, 3.05) is 0 Å². The van der Waals surface area contributed by atoms with Gasteiger partial charge in [0.1, 0.15) is 5.58 Å². The lowest BCUT2D eigenvalue weighted by Crippen LogP contribution is -2.16. The molecule has 4 aromatic rings. The van der Waals surface area contributed by atoms with Crippen molar-refractivity contribution in [2.45, 2.75) is 13.8 Å². The summed E-state index contributed by atoms with van der Waals surface area (Å²) in [4.78, 5) is 23.6. The van der Waals surface area contributed by atoms with Crippen LogP contribution in [0.1, 0.15) is 37.9 Å². The standard InChI is InChI=1S/C23H19ClN4O3/c1-13-9-17(14(2)28(13)19-6-3-15(4-7-19)22(25)29)12-26-27-23(30)21-11-16-10-18(24)5-8-20(16)31-21/h3-12H,1-2H3,(H2,25,29)(H,27,30)/b26-12+. The van der Waals surface area contributed by atoms with Gasteiger partial charge in [-0.3, -0.25) is 9.59 Å². The minimum atomic E-state index is -0.469. The highest BCUT2D eigenvalue weighted by Gasteiger charge is 2.13. The predicted molar refractivity (Wildman–Crippen MR) is 120 cm³/mol. The lowest BCUT2D eigenvalue weighted by atomic mass is 10.2. The maximum Gasteiger partial charge on any atom is 0.307 e. The van der Waals surface area contributed by atoms with Crippen LogP contribution in [0.15, 0.2) is 64.1 Å². The lowest BCUT2D eigenvalue weighted by Gasteiger charge is -2.10. The fourth-order valence-electron chi connectivity index (χ4n) is 3.43. The average molecular weight is 435 g/mol. The lowest BCUT2D eigenvalue weighted by molar-refractivity contribution is 0.0929. The largest absolute Gasteiger partial charge is 0.451 e.